The molecule has 0 aromatic heterocycles. The summed E-state index contributed by atoms with van der Waals surface area (Å²) in [6, 6.07) is 16.5. The van der Waals surface area contributed by atoms with Crippen LogP contribution in [0.5, 0.6) is 11.5 Å². The van der Waals surface area contributed by atoms with Crippen LogP contribution in [0.1, 0.15) is 11.1 Å². The maximum absolute atomic E-state index is 13.0. The molecule has 1 aliphatic rings. The van der Waals surface area contributed by atoms with Gasteiger partial charge in [0.1, 0.15) is 23.7 Å². The molecular weight excluding hydrogens is 467 g/mol. The highest BCUT2D eigenvalue weighted by molar-refractivity contribution is 6.39. The fourth-order valence-corrected chi connectivity index (χ4v) is 3.63. The second-order valence-electron chi connectivity index (χ2n) is 7.07. The van der Waals surface area contributed by atoms with E-state index in [2.05, 4.69) is 5.32 Å². The predicted octanol–water partition coefficient (Wildman–Crippen LogP) is 4.94. The second-order valence-corrected chi connectivity index (χ2v) is 7.91. The van der Waals surface area contributed by atoms with Gasteiger partial charge < -0.3 is 9.84 Å². The van der Waals surface area contributed by atoms with Gasteiger partial charge in [-0.3, -0.25) is 14.9 Å². The van der Waals surface area contributed by atoms with Crippen LogP contribution in [0, 0.1) is 0 Å². The van der Waals surface area contributed by atoms with Crippen LogP contribution in [-0.4, -0.2) is 23.0 Å². The minimum Gasteiger partial charge on any atom is -0.508 e. The molecule has 0 spiro atoms. The monoisotopic (exact) mass is 482 g/mol. The van der Waals surface area contributed by atoms with Gasteiger partial charge in [-0.2, -0.15) is 0 Å². The van der Waals surface area contributed by atoms with Crippen LogP contribution in [0.15, 0.2) is 72.3 Å². The summed E-state index contributed by atoms with van der Waals surface area (Å²) >= 11 is 12.0. The quantitative estimate of drug-likeness (QED) is 0.396. The summed E-state index contributed by atoms with van der Waals surface area (Å²) in [7, 11) is 0. The smallest absolute Gasteiger partial charge is 0.335 e. The molecule has 0 atom stereocenters. The van der Waals surface area contributed by atoms with Crippen molar-refractivity contribution >= 4 is 52.8 Å². The zero-order valence-electron chi connectivity index (χ0n) is 16.9. The van der Waals surface area contributed by atoms with E-state index in [1.807, 2.05) is 0 Å². The van der Waals surface area contributed by atoms with E-state index in [0.29, 0.717) is 21.4 Å². The van der Waals surface area contributed by atoms with E-state index in [0.717, 1.165) is 10.5 Å². The number of nitrogens with zero attached hydrogens (tertiary/aromatic N) is 1. The summed E-state index contributed by atoms with van der Waals surface area (Å²) in [5.74, 6) is -1.13. The zero-order chi connectivity index (χ0) is 23.5. The Morgan fingerprint density at radius 3 is 2.42 bits per heavy atom. The number of amides is 4. The van der Waals surface area contributed by atoms with E-state index in [-0.39, 0.29) is 23.6 Å². The van der Waals surface area contributed by atoms with Crippen molar-refractivity contribution in [2.24, 2.45) is 0 Å². The van der Waals surface area contributed by atoms with Crippen molar-refractivity contribution in [1.29, 1.82) is 0 Å². The van der Waals surface area contributed by atoms with Crippen LogP contribution in [0.3, 0.4) is 0 Å². The molecule has 7 nitrogen and oxygen atoms in total. The Kier molecular flexibility index (Phi) is 6.35. The van der Waals surface area contributed by atoms with Crippen LogP contribution >= 0.6 is 23.2 Å². The number of hydrogen-bond acceptors (Lipinski definition) is 5. The number of benzene rings is 3. The molecule has 33 heavy (non-hydrogen) atoms. The fraction of sp³-hybridized carbons (Fsp3) is 0.0417. The molecule has 0 aliphatic carbocycles. The van der Waals surface area contributed by atoms with Gasteiger partial charge in [-0.15, -0.1) is 0 Å². The first-order valence-corrected chi connectivity index (χ1v) is 10.4. The maximum Gasteiger partial charge on any atom is 0.335 e. The number of carbonyl (C=O) groups excluding carboxylic acids is 3. The Morgan fingerprint density at radius 2 is 1.73 bits per heavy atom. The standard InChI is InChI=1S/C24H16Cl2N2O5/c25-16-5-4-15(21(26)12-16)13-33-19-8-6-17(7-9-19)28-23(31)20(22(30)27-24(28)32)11-14-2-1-3-18(29)10-14/h1-12,29H,13H2,(H,27,30,32)/b20-11-. The number of rotatable bonds is 5. The number of phenolic OH excluding ortho intramolecular Hbond substituents is 1. The van der Waals surface area contributed by atoms with Crippen molar-refractivity contribution in [2.45, 2.75) is 6.61 Å². The number of barbiturate groups is 1. The third-order valence-corrected chi connectivity index (χ3v) is 5.37. The lowest BCUT2D eigenvalue weighted by molar-refractivity contribution is -0.122. The van der Waals surface area contributed by atoms with E-state index >= 15 is 0 Å². The molecule has 0 bridgehead atoms. The van der Waals surface area contributed by atoms with Crippen molar-refractivity contribution in [2.75, 3.05) is 4.90 Å². The molecular formula is C24H16Cl2N2O5. The van der Waals surface area contributed by atoms with Gasteiger partial charge >= 0.3 is 6.03 Å². The number of aromatic hydroxyl groups is 1. The van der Waals surface area contributed by atoms with Crippen molar-refractivity contribution in [3.63, 3.8) is 0 Å². The zero-order valence-corrected chi connectivity index (χ0v) is 18.4. The van der Waals surface area contributed by atoms with Crippen molar-refractivity contribution < 1.29 is 24.2 Å². The summed E-state index contributed by atoms with van der Waals surface area (Å²) in [5, 5.41) is 12.8. The Balaban J connectivity index is 1.53. The number of urea groups is 1. The summed E-state index contributed by atoms with van der Waals surface area (Å²) < 4.78 is 5.72. The van der Waals surface area contributed by atoms with Gasteiger partial charge in [-0.25, -0.2) is 9.69 Å². The lowest BCUT2D eigenvalue weighted by Gasteiger charge is -2.26. The molecule has 1 saturated heterocycles. The normalized spacial score (nSPS) is 15.0. The van der Waals surface area contributed by atoms with Gasteiger partial charge in [0.2, 0.25) is 0 Å². The third-order valence-electron chi connectivity index (χ3n) is 4.79. The minimum absolute atomic E-state index is 0.0172. The summed E-state index contributed by atoms with van der Waals surface area (Å²) in [4.78, 5) is 38.4. The molecule has 2 N–H and O–H groups in total. The molecule has 0 radical (unpaired) electrons. The minimum atomic E-state index is -0.861. The van der Waals surface area contributed by atoms with E-state index in [1.165, 1.54) is 30.3 Å². The molecule has 1 fully saturated rings. The van der Waals surface area contributed by atoms with Crippen molar-refractivity contribution in [3.8, 4) is 11.5 Å². The second kappa shape index (κ2) is 9.36. The molecule has 166 valence electrons. The number of nitrogens with one attached hydrogen (secondary N) is 1. The van der Waals surface area contributed by atoms with Gasteiger partial charge in [0, 0.05) is 15.6 Å². The molecule has 0 unspecified atom stereocenters. The number of anilines is 1. The van der Waals surface area contributed by atoms with E-state index in [4.69, 9.17) is 27.9 Å². The summed E-state index contributed by atoms with van der Waals surface area (Å²) in [6.07, 6.45) is 1.31. The van der Waals surface area contributed by atoms with Crippen LogP contribution < -0.4 is 15.0 Å². The summed E-state index contributed by atoms with van der Waals surface area (Å²) in [5.41, 5.74) is 1.20. The molecule has 9 heteroatoms. The Labute approximate surface area is 198 Å². The molecule has 0 saturated carbocycles. The number of hydrogen-bond donors (Lipinski definition) is 2. The van der Waals surface area contributed by atoms with Gasteiger partial charge in [-0.05, 0) is 60.2 Å². The van der Waals surface area contributed by atoms with Gasteiger partial charge in [0.15, 0.2) is 0 Å². The lowest BCUT2D eigenvalue weighted by Crippen LogP contribution is -2.54. The van der Waals surface area contributed by atoms with Crippen molar-refractivity contribution in [3.05, 3.63) is 93.5 Å². The highest BCUT2D eigenvalue weighted by Gasteiger charge is 2.36. The third kappa shape index (κ3) is 5.00. The van der Waals surface area contributed by atoms with Crippen LogP contribution in [0.25, 0.3) is 6.08 Å². The average molecular weight is 483 g/mol. The largest absolute Gasteiger partial charge is 0.508 e. The maximum atomic E-state index is 13.0. The van der Waals surface area contributed by atoms with E-state index in [1.54, 1.807) is 42.5 Å². The molecule has 1 heterocycles. The molecule has 3 aromatic rings. The number of halogens is 2. The van der Waals surface area contributed by atoms with Crippen LogP contribution in [0.4, 0.5) is 10.5 Å². The van der Waals surface area contributed by atoms with Gasteiger partial charge in [0.25, 0.3) is 11.8 Å². The van der Waals surface area contributed by atoms with E-state index < -0.39 is 17.8 Å². The van der Waals surface area contributed by atoms with Crippen molar-refractivity contribution in [1.82, 2.24) is 5.32 Å². The SMILES string of the molecule is O=C1NC(=O)N(c2ccc(OCc3ccc(Cl)cc3Cl)cc2)C(=O)/C1=C\c1cccc(O)c1. The number of imide groups is 2. The number of ether oxygens (including phenoxy) is 1. The van der Waals surface area contributed by atoms with Crippen LogP contribution in [-0.2, 0) is 16.2 Å². The topological polar surface area (TPSA) is 95.9 Å². The predicted molar refractivity (Wildman–Crippen MR) is 124 cm³/mol. The molecule has 3 aromatic carbocycles. The van der Waals surface area contributed by atoms with E-state index in [9.17, 15) is 19.5 Å². The average Bonchev–Trinajstić information content (AvgIpc) is 2.77. The van der Waals surface area contributed by atoms with Gasteiger partial charge in [-0.1, -0.05) is 41.4 Å². The molecule has 4 rings (SSSR count). The summed E-state index contributed by atoms with van der Waals surface area (Å²) in [6.45, 7) is 0.198. The highest BCUT2D eigenvalue weighted by Crippen LogP contribution is 2.26. The Morgan fingerprint density at radius 1 is 0.970 bits per heavy atom. The first-order valence-electron chi connectivity index (χ1n) is 9.69. The molecule has 1 aliphatic heterocycles. The van der Waals surface area contributed by atoms with Crippen LogP contribution in [0.2, 0.25) is 10.0 Å². The number of phenols is 1. The lowest BCUT2D eigenvalue weighted by atomic mass is 10.1. The Hall–Kier alpha value is -3.81. The Bertz CT molecular complexity index is 1290. The number of carbonyl (C=O) groups is 3. The first kappa shape index (κ1) is 22.4. The van der Waals surface area contributed by atoms with Gasteiger partial charge in [0.05, 0.1) is 5.69 Å². The first-order chi connectivity index (χ1) is 15.8. The highest BCUT2D eigenvalue weighted by atomic mass is 35.5. The fourth-order valence-electron chi connectivity index (χ4n) is 3.16. The molecule has 4 amide bonds.